The Hall–Kier alpha value is -0.570. The number of amides is 1. The minimum absolute atomic E-state index is 0.101. The molecule has 3 nitrogen and oxygen atoms in total. The Kier molecular flexibility index (Phi) is 6.59. The van der Waals surface area contributed by atoms with Crippen LogP contribution in [-0.2, 0) is 4.79 Å². The van der Waals surface area contributed by atoms with Crippen LogP contribution in [0.25, 0.3) is 0 Å². The van der Waals surface area contributed by atoms with Crippen LogP contribution >= 0.6 is 0 Å². The van der Waals surface area contributed by atoms with Crippen molar-refractivity contribution in [2.24, 2.45) is 5.92 Å². The molecule has 0 radical (unpaired) electrons. The van der Waals surface area contributed by atoms with Crippen LogP contribution in [0.5, 0.6) is 0 Å². The molecule has 0 aliphatic carbocycles. The third-order valence-electron chi connectivity index (χ3n) is 1.95. The molecular formula is C10H22N2O. The molecule has 0 rings (SSSR count). The predicted octanol–water partition coefficient (Wildman–Crippen LogP) is 1.15. The van der Waals surface area contributed by atoms with Crippen LogP contribution in [0.4, 0.5) is 0 Å². The van der Waals surface area contributed by atoms with Gasteiger partial charge in [0.05, 0.1) is 0 Å². The number of carbonyl (C=O) groups excluding carboxylic acids is 1. The Labute approximate surface area is 81.3 Å². The number of nitrogens with one attached hydrogen (secondary N) is 2. The van der Waals surface area contributed by atoms with Crippen LogP contribution in [-0.4, -0.2) is 25.5 Å². The lowest BCUT2D eigenvalue weighted by Gasteiger charge is -2.15. The molecule has 1 unspecified atom stereocenters. The highest BCUT2D eigenvalue weighted by atomic mass is 16.1. The molecule has 0 saturated heterocycles. The zero-order chi connectivity index (χ0) is 10.3. The highest BCUT2D eigenvalue weighted by Gasteiger charge is 2.04. The van der Waals surface area contributed by atoms with E-state index in [-0.39, 0.29) is 5.91 Å². The van der Waals surface area contributed by atoms with Gasteiger partial charge in [0, 0.05) is 26.1 Å². The quantitative estimate of drug-likeness (QED) is 0.653. The molecule has 13 heavy (non-hydrogen) atoms. The van der Waals surface area contributed by atoms with E-state index in [1.165, 1.54) is 0 Å². The van der Waals surface area contributed by atoms with E-state index in [0.717, 1.165) is 13.0 Å². The zero-order valence-electron chi connectivity index (χ0n) is 9.18. The topological polar surface area (TPSA) is 41.1 Å². The van der Waals surface area contributed by atoms with E-state index in [1.54, 1.807) is 7.05 Å². The lowest BCUT2D eigenvalue weighted by atomic mass is 10.1. The molecule has 1 amide bonds. The second-order valence-electron chi connectivity index (χ2n) is 3.91. The van der Waals surface area contributed by atoms with Gasteiger partial charge in [-0.25, -0.2) is 0 Å². The first-order valence-electron chi connectivity index (χ1n) is 5.00. The van der Waals surface area contributed by atoms with E-state index >= 15 is 0 Å². The summed E-state index contributed by atoms with van der Waals surface area (Å²) in [6.45, 7) is 7.34. The highest BCUT2D eigenvalue weighted by molar-refractivity contribution is 5.75. The summed E-state index contributed by atoms with van der Waals surface area (Å²) in [5.41, 5.74) is 0. The van der Waals surface area contributed by atoms with Crippen molar-refractivity contribution in [1.82, 2.24) is 10.6 Å². The van der Waals surface area contributed by atoms with Gasteiger partial charge >= 0.3 is 0 Å². The van der Waals surface area contributed by atoms with Gasteiger partial charge < -0.3 is 10.6 Å². The molecule has 0 aromatic rings. The highest BCUT2D eigenvalue weighted by Crippen LogP contribution is 2.03. The van der Waals surface area contributed by atoms with E-state index in [4.69, 9.17) is 0 Å². The molecule has 2 N–H and O–H groups in total. The second kappa shape index (κ2) is 6.89. The van der Waals surface area contributed by atoms with Crippen LogP contribution in [0.3, 0.4) is 0 Å². The number of hydrogen-bond donors (Lipinski definition) is 2. The lowest BCUT2D eigenvalue weighted by Crippen LogP contribution is -2.31. The lowest BCUT2D eigenvalue weighted by molar-refractivity contribution is -0.120. The van der Waals surface area contributed by atoms with E-state index in [1.807, 2.05) is 0 Å². The summed E-state index contributed by atoms with van der Waals surface area (Å²) in [5, 5.41) is 5.92. The van der Waals surface area contributed by atoms with E-state index < -0.39 is 0 Å². The van der Waals surface area contributed by atoms with Crippen molar-refractivity contribution in [3.8, 4) is 0 Å². The Bertz CT molecular complexity index is 146. The maximum atomic E-state index is 10.9. The SMILES string of the molecule is CNC(=O)CCNC(C)CC(C)C. The van der Waals surface area contributed by atoms with Crippen LogP contribution in [0.15, 0.2) is 0 Å². The summed E-state index contributed by atoms with van der Waals surface area (Å²) in [6, 6.07) is 0.504. The molecule has 0 heterocycles. The van der Waals surface area contributed by atoms with Crippen molar-refractivity contribution in [3.05, 3.63) is 0 Å². The third kappa shape index (κ3) is 7.78. The van der Waals surface area contributed by atoms with Crippen LogP contribution in [0, 0.1) is 5.92 Å². The standard InChI is InChI=1S/C10H22N2O/c1-8(2)7-9(3)12-6-5-10(13)11-4/h8-9,12H,5-7H2,1-4H3,(H,11,13). The molecule has 0 saturated carbocycles. The van der Waals surface area contributed by atoms with Gasteiger partial charge in [-0.15, -0.1) is 0 Å². The van der Waals surface area contributed by atoms with Crippen LogP contribution in [0.2, 0.25) is 0 Å². The Balaban J connectivity index is 3.36. The maximum absolute atomic E-state index is 10.9. The van der Waals surface area contributed by atoms with Crippen molar-refractivity contribution in [3.63, 3.8) is 0 Å². The molecule has 78 valence electrons. The van der Waals surface area contributed by atoms with Gasteiger partial charge in [-0.05, 0) is 19.3 Å². The summed E-state index contributed by atoms with van der Waals surface area (Å²) < 4.78 is 0. The fourth-order valence-corrected chi connectivity index (χ4v) is 1.35. The molecular weight excluding hydrogens is 164 g/mol. The van der Waals surface area contributed by atoms with E-state index in [0.29, 0.717) is 18.4 Å². The van der Waals surface area contributed by atoms with Crippen molar-refractivity contribution in [2.75, 3.05) is 13.6 Å². The normalized spacial score (nSPS) is 13.0. The largest absolute Gasteiger partial charge is 0.359 e. The van der Waals surface area contributed by atoms with Gasteiger partial charge in [-0.1, -0.05) is 13.8 Å². The number of hydrogen-bond acceptors (Lipinski definition) is 2. The molecule has 0 spiro atoms. The summed E-state index contributed by atoms with van der Waals surface area (Å²) in [4.78, 5) is 10.9. The van der Waals surface area contributed by atoms with Gasteiger partial charge in [0.25, 0.3) is 0 Å². The van der Waals surface area contributed by atoms with Crippen LogP contribution in [0.1, 0.15) is 33.6 Å². The monoisotopic (exact) mass is 186 g/mol. The minimum Gasteiger partial charge on any atom is -0.359 e. The minimum atomic E-state index is 0.101. The van der Waals surface area contributed by atoms with Gasteiger partial charge in [0.1, 0.15) is 0 Å². The summed E-state index contributed by atoms with van der Waals surface area (Å²) in [6.07, 6.45) is 1.73. The number of carbonyl (C=O) groups is 1. The first-order valence-corrected chi connectivity index (χ1v) is 5.00. The van der Waals surface area contributed by atoms with Gasteiger partial charge in [0.15, 0.2) is 0 Å². The first-order chi connectivity index (χ1) is 6.06. The Morgan fingerprint density at radius 3 is 2.38 bits per heavy atom. The van der Waals surface area contributed by atoms with Crippen LogP contribution < -0.4 is 10.6 Å². The maximum Gasteiger partial charge on any atom is 0.221 e. The third-order valence-corrected chi connectivity index (χ3v) is 1.95. The van der Waals surface area contributed by atoms with Gasteiger partial charge in [-0.2, -0.15) is 0 Å². The van der Waals surface area contributed by atoms with Crippen molar-refractivity contribution >= 4 is 5.91 Å². The average molecular weight is 186 g/mol. The molecule has 3 heteroatoms. The fraction of sp³-hybridized carbons (Fsp3) is 0.900. The molecule has 0 bridgehead atoms. The summed E-state index contributed by atoms with van der Waals surface area (Å²) in [7, 11) is 1.67. The van der Waals surface area contributed by atoms with Crippen molar-refractivity contribution < 1.29 is 4.79 Å². The molecule has 1 atom stereocenters. The fourth-order valence-electron chi connectivity index (χ4n) is 1.35. The molecule has 0 aliphatic rings. The molecule has 0 fully saturated rings. The van der Waals surface area contributed by atoms with Gasteiger partial charge in [-0.3, -0.25) is 4.79 Å². The van der Waals surface area contributed by atoms with E-state index in [2.05, 4.69) is 31.4 Å². The van der Waals surface area contributed by atoms with Crippen molar-refractivity contribution in [1.29, 1.82) is 0 Å². The number of rotatable bonds is 6. The van der Waals surface area contributed by atoms with E-state index in [9.17, 15) is 4.79 Å². The van der Waals surface area contributed by atoms with Crippen molar-refractivity contribution in [2.45, 2.75) is 39.7 Å². The summed E-state index contributed by atoms with van der Waals surface area (Å²) >= 11 is 0. The van der Waals surface area contributed by atoms with Gasteiger partial charge in [0.2, 0.25) is 5.91 Å². The zero-order valence-corrected chi connectivity index (χ0v) is 9.18. The Morgan fingerprint density at radius 2 is 1.92 bits per heavy atom. The Morgan fingerprint density at radius 1 is 1.31 bits per heavy atom. The molecule has 0 aromatic heterocycles. The second-order valence-corrected chi connectivity index (χ2v) is 3.91. The first kappa shape index (κ1) is 12.4. The average Bonchev–Trinajstić information content (AvgIpc) is 2.02. The summed E-state index contributed by atoms with van der Waals surface area (Å²) in [5.74, 6) is 0.812. The molecule has 0 aliphatic heterocycles. The predicted molar refractivity (Wildman–Crippen MR) is 55.6 cm³/mol. The molecule has 0 aromatic carbocycles. The smallest absolute Gasteiger partial charge is 0.221 e.